The maximum atomic E-state index is 12.0. The average Bonchev–Trinajstić information content (AvgIpc) is 3.01. The maximum Gasteiger partial charge on any atom is 0.296 e. The number of fused-ring (bicyclic) bond motifs is 2. The zero-order valence-electron chi connectivity index (χ0n) is 23.2. The largest absolute Gasteiger partial charge is 0.505 e. The van der Waals surface area contributed by atoms with Crippen molar-refractivity contribution in [1.82, 2.24) is 0 Å². The molecule has 1 amide bonds. The van der Waals surface area contributed by atoms with Crippen LogP contribution in [-0.4, -0.2) is 42.2 Å². The Bertz CT molecular complexity index is 2370. The quantitative estimate of drug-likeness (QED) is 0.0239. The Morgan fingerprint density at radius 3 is 2.15 bits per heavy atom. The summed E-state index contributed by atoms with van der Waals surface area (Å²) in [6.07, 6.45) is 0. The number of hydrogen-bond acceptors (Lipinski definition) is 15. The number of anilines is 1. The lowest BCUT2D eigenvalue weighted by Gasteiger charge is -2.11. The molecule has 0 saturated heterocycles. The molecule has 0 atom stereocenters. The second-order valence-electron chi connectivity index (χ2n) is 9.48. The minimum Gasteiger partial charge on any atom is -0.505 e. The van der Waals surface area contributed by atoms with Gasteiger partial charge in [-0.15, -0.1) is 19.7 Å². The Hall–Kier alpha value is -5.06. The number of carbonyl (C=O) groups excluding carboxylic acids is 1. The zero-order chi connectivity index (χ0) is 34.1. The highest BCUT2D eigenvalue weighted by molar-refractivity contribution is 7.94. The first-order chi connectivity index (χ1) is 22.2. The number of aromatic hydroxyl groups is 1. The van der Waals surface area contributed by atoms with Crippen molar-refractivity contribution in [3.63, 3.8) is 0 Å². The van der Waals surface area contributed by atoms with E-state index in [2.05, 4.69) is 29.8 Å². The van der Waals surface area contributed by atoms with Gasteiger partial charge in [-0.1, -0.05) is 17.2 Å². The lowest BCUT2D eigenvalue weighted by atomic mass is 10.1. The van der Waals surface area contributed by atoms with Crippen LogP contribution in [0.25, 0.3) is 21.5 Å². The minimum absolute atomic E-state index is 0.00667. The molecule has 17 nitrogen and oxygen atoms in total. The molecule has 0 aromatic heterocycles. The van der Waals surface area contributed by atoms with Crippen molar-refractivity contribution in [2.75, 3.05) is 5.73 Å². The standard InChI is InChI=1S/C27H20N6O11S3/c28-20-12-18-14(10-24(20)47(40,41)42)9-23(45-44-43-36)25(26(18)34)33-32-22-7-6-21(17-5-4-16(11-19(17)22)46(37,38)39)31-30-15-3-1-2-13(8-15)27(29)35/h1-12,34,36H,28H2,(H2,29,35)(H,37,38,39)(H,40,41,42). The van der Waals surface area contributed by atoms with Gasteiger partial charge in [0.1, 0.15) is 10.6 Å². The first-order valence-corrected chi connectivity index (χ1v) is 16.3. The second-order valence-corrected chi connectivity index (χ2v) is 13.0. The summed E-state index contributed by atoms with van der Waals surface area (Å²) in [5.74, 6) is -1.24. The fraction of sp³-hybridized carbons (Fsp3) is 0. The van der Waals surface area contributed by atoms with Gasteiger partial charge in [0.25, 0.3) is 20.2 Å². The number of rotatable bonds is 10. The summed E-state index contributed by atoms with van der Waals surface area (Å²) < 4.78 is 71.1. The molecule has 0 heterocycles. The van der Waals surface area contributed by atoms with Crippen LogP contribution in [0.1, 0.15) is 10.4 Å². The average molecular weight is 701 g/mol. The van der Waals surface area contributed by atoms with Gasteiger partial charge in [0, 0.05) is 21.7 Å². The van der Waals surface area contributed by atoms with Crippen molar-refractivity contribution < 1.29 is 50.5 Å². The first kappa shape index (κ1) is 33.3. The molecule has 242 valence electrons. The van der Waals surface area contributed by atoms with E-state index in [0.29, 0.717) is 23.1 Å². The van der Waals surface area contributed by atoms with Crippen molar-refractivity contribution in [2.45, 2.75) is 14.7 Å². The van der Waals surface area contributed by atoms with Gasteiger partial charge in [0.2, 0.25) is 5.91 Å². The van der Waals surface area contributed by atoms with E-state index in [4.69, 9.17) is 16.7 Å². The van der Waals surface area contributed by atoms with Gasteiger partial charge < -0.3 is 16.6 Å². The predicted molar refractivity (Wildman–Crippen MR) is 168 cm³/mol. The molecular weight excluding hydrogens is 681 g/mol. The van der Waals surface area contributed by atoms with Crippen LogP contribution in [0.15, 0.2) is 108 Å². The van der Waals surface area contributed by atoms with E-state index < -0.39 is 41.7 Å². The monoisotopic (exact) mass is 700 g/mol. The van der Waals surface area contributed by atoms with Crippen molar-refractivity contribution >= 4 is 88.2 Å². The van der Waals surface area contributed by atoms with E-state index in [-0.39, 0.29) is 49.4 Å². The van der Waals surface area contributed by atoms with Crippen LogP contribution in [0.5, 0.6) is 5.75 Å². The fourth-order valence-electron chi connectivity index (χ4n) is 4.39. The molecule has 8 N–H and O–H groups in total. The highest BCUT2D eigenvalue weighted by Crippen LogP contribution is 2.46. The summed E-state index contributed by atoms with van der Waals surface area (Å²) in [5, 5.41) is 40.5. The van der Waals surface area contributed by atoms with E-state index in [1.165, 1.54) is 36.4 Å². The van der Waals surface area contributed by atoms with Gasteiger partial charge in [-0.2, -0.15) is 21.9 Å². The summed E-state index contributed by atoms with van der Waals surface area (Å²) in [6, 6.07) is 15.9. The Balaban J connectivity index is 1.66. The number of phenols is 1. The summed E-state index contributed by atoms with van der Waals surface area (Å²) in [7, 11) is -9.40. The number of primary amides is 1. The Morgan fingerprint density at radius 1 is 0.787 bits per heavy atom. The second kappa shape index (κ2) is 13.0. The molecule has 0 spiro atoms. The molecule has 47 heavy (non-hydrogen) atoms. The van der Waals surface area contributed by atoms with Crippen LogP contribution in [-0.2, 0) is 29.6 Å². The highest BCUT2D eigenvalue weighted by atomic mass is 32.2. The molecule has 0 unspecified atom stereocenters. The molecule has 0 saturated carbocycles. The van der Waals surface area contributed by atoms with Crippen molar-refractivity contribution in [3.05, 3.63) is 78.4 Å². The smallest absolute Gasteiger partial charge is 0.296 e. The number of carbonyl (C=O) groups is 1. The molecule has 5 rings (SSSR count). The molecule has 0 aliphatic carbocycles. The number of benzene rings is 5. The molecule has 0 aliphatic rings. The van der Waals surface area contributed by atoms with Crippen LogP contribution < -0.4 is 11.5 Å². The Kier molecular flexibility index (Phi) is 9.20. The third-order valence-electron chi connectivity index (χ3n) is 6.51. The van der Waals surface area contributed by atoms with E-state index >= 15 is 0 Å². The predicted octanol–water partition coefficient (Wildman–Crippen LogP) is 6.13. The van der Waals surface area contributed by atoms with Gasteiger partial charge in [-0.3, -0.25) is 13.9 Å². The van der Waals surface area contributed by atoms with Gasteiger partial charge in [0.15, 0.2) is 5.75 Å². The topological polar surface area (TPSA) is 286 Å². The molecule has 5 aromatic rings. The summed E-state index contributed by atoms with van der Waals surface area (Å²) in [5.41, 5.74) is 11.2. The third kappa shape index (κ3) is 7.19. The van der Waals surface area contributed by atoms with Crippen molar-refractivity contribution in [3.8, 4) is 5.75 Å². The number of hydrogen-bond donors (Lipinski definition) is 6. The number of amides is 1. The lowest BCUT2D eigenvalue weighted by molar-refractivity contribution is -0.432. The van der Waals surface area contributed by atoms with Crippen LogP contribution in [0.4, 0.5) is 28.4 Å². The molecule has 0 fully saturated rings. The molecular formula is C27H20N6O11S3. The number of nitrogen functional groups attached to an aromatic ring is 1. The van der Waals surface area contributed by atoms with Gasteiger partial charge in [0.05, 0.1) is 44.6 Å². The van der Waals surface area contributed by atoms with Gasteiger partial charge >= 0.3 is 0 Å². The molecule has 0 aliphatic heterocycles. The Labute approximate surface area is 268 Å². The third-order valence-corrected chi connectivity index (χ3v) is 8.89. The molecule has 0 bridgehead atoms. The highest BCUT2D eigenvalue weighted by Gasteiger charge is 2.21. The molecule has 0 radical (unpaired) electrons. The van der Waals surface area contributed by atoms with Crippen molar-refractivity contribution in [2.24, 2.45) is 26.2 Å². The number of nitrogens with zero attached hydrogens (tertiary/aromatic N) is 4. The normalized spacial score (nSPS) is 12.5. The van der Waals surface area contributed by atoms with Crippen LogP contribution in [0.2, 0.25) is 0 Å². The van der Waals surface area contributed by atoms with E-state index in [0.717, 1.165) is 24.3 Å². The Morgan fingerprint density at radius 2 is 1.49 bits per heavy atom. The lowest BCUT2D eigenvalue weighted by Crippen LogP contribution is -2.10. The zero-order valence-corrected chi connectivity index (χ0v) is 25.7. The van der Waals surface area contributed by atoms with Gasteiger partial charge in [-0.05, 0) is 66.0 Å². The maximum absolute atomic E-state index is 12.0. The van der Waals surface area contributed by atoms with Crippen LogP contribution >= 0.6 is 12.0 Å². The van der Waals surface area contributed by atoms with E-state index in [1.807, 2.05) is 0 Å². The fourth-order valence-corrected chi connectivity index (χ4v) is 6.03. The first-order valence-electron chi connectivity index (χ1n) is 12.7. The SMILES string of the molecule is NC(=O)c1cccc(N=Nc2ccc(N=Nc3c(SOOO)cc4cc(S(=O)(=O)O)c(N)cc4c3O)c3cc(S(=O)(=O)O)ccc23)c1. The van der Waals surface area contributed by atoms with Gasteiger partial charge in [-0.25, -0.2) is 5.26 Å². The summed E-state index contributed by atoms with van der Waals surface area (Å²) in [6.45, 7) is 0. The summed E-state index contributed by atoms with van der Waals surface area (Å²) in [4.78, 5) is 10.3. The molecule has 20 heteroatoms. The van der Waals surface area contributed by atoms with E-state index in [9.17, 15) is 35.8 Å². The van der Waals surface area contributed by atoms with E-state index in [1.54, 1.807) is 12.1 Å². The number of azo groups is 2. The number of nitrogens with two attached hydrogens (primary N) is 2. The number of phenolic OH excluding ortho intramolecular Hbond substituents is 1. The minimum atomic E-state index is -4.73. The van der Waals surface area contributed by atoms with Crippen molar-refractivity contribution in [1.29, 1.82) is 0 Å². The summed E-state index contributed by atoms with van der Waals surface area (Å²) >= 11 is 0.350. The molecule has 5 aromatic carbocycles. The van der Waals surface area contributed by atoms with Crippen LogP contribution in [0, 0.1) is 0 Å². The van der Waals surface area contributed by atoms with Crippen LogP contribution in [0.3, 0.4) is 0 Å².